The lowest BCUT2D eigenvalue weighted by molar-refractivity contribution is -0.119. The molecule has 1 aromatic rings. The summed E-state index contributed by atoms with van der Waals surface area (Å²) in [6.45, 7) is 2.82. The normalized spacial score (nSPS) is 16.8. The minimum Gasteiger partial charge on any atom is -0.504 e. The highest BCUT2D eigenvalue weighted by Gasteiger charge is 2.19. The summed E-state index contributed by atoms with van der Waals surface area (Å²) < 4.78 is 5.02. The van der Waals surface area contributed by atoms with Gasteiger partial charge in [0.15, 0.2) is 11.5 Å². The molecule has 0 unspecified atom stereocenters. The van der Waals surface area contributed by atoms with E-state index in [4.69, 9.17) is 10.5 Å². The molecule has 0 aliphatic carbocycles. The van der Waals surface area contributed by atoms with Gasteiger partial charge < -0.3 is 20.9 Å². The molecule has 0 radical (unpaired) electrons. The summed E-state index contributed by atoms with van der Waals surface area (Å²) in [6.07, 6.45) is 1.99. The molecule has 4 N–H and O–H groups in total. The topological polar surface area (TPSA) is 87.8 Å². The molecule has 21 heavy (non-hydrogen) atoms. The molecule has 0 spiro atoms. The first-order valence-electron chi connectivity index (χ1n) is 7.18. The third-order valence-corrected chi connectivity index (χ3v) is 3.81. The van der Waals surface area contributed by atoms with Gasteiger partial charge in [-0.2, -0.15) is 0 Å². The number of piperidine rings is 1. The summed E-state index contributed by atoms with van der Waals surface area (Å²) in [5.74, 6) is 0.377. The fraction of sp³-hybridized carbons (Fsp3) is 0.533. The first kappa shape index (κ1) is 15.6. The number of primary amides is 1. The van der Waals surface area contributed by atoms with Gasteiger partial charge in [-0.1, -0.05) is 6.07 Å². The van der Waals surface area contributed by atoms with E-state index in [2.05, 4.69) is 10.2 Å². The van der Waals surface area contributed by atoms with Gasteiger partial charge in [-0.15, -0.1) is 0 Å². The molecule has 0 atom stereocenters. The highest BCUT2D eigenvalue weighted by molar-refractivity contribution is 5.75. The molecule has 1 aliphatic heterocycles. The molecule has 116 valence electrons. The maximum absolute atomic E-state index is 10.9. The Morgan fingerprint density at radius 2 is 2.19 bits per heavy atom. The average molecular weight is 293 g/mol. The van der Waals surface area contributed by atoms with Crippen LogP contribution in [0.25, 0.3) is 0 Å². The average Bonchev–Trinajstić information content (AvgIpc) is 2.46. The number of likely N-dealkylation sites (tertiary alicyclic amines) is 1. The maximum Gasteiger partial charge on any atom is 0.231 e. The lowest BCUT2D eigenvalue weighted by Gasteiger charge is -2.31. The highest BCUT2D eigenvalue weighted by Crippen LogP contribution is 2.26. The van der Waals surface area contributed by atoms with Crippen molar-refractivity contribution in [3.05, 3.63) is 23.8 Å². The molecule has 6 heteroatoms. The maximum atomic E-state index is 10.9. The Bertz CT molecular complexity index is 485. The molecule has 1 heterocycles. The van der Waals surface area contributed by atoms with Crippen molar-refractivity contribution in [3.63, 3.8) is 0 Å². The summed E-state index contributed by atoms with van der Waals surface area (Å²) in [5, 5.41) is 13.2. The molecular weight excluding hydrogens is 270 g/mol. The highest BCUT2D eigenvalue weighted by atomic mass is 16.5. The monoisotopic (exact) mass is 293 g/mol. The summed E-state index contributed by atoms with van der Waals surface area (Å²) in [5.41, 5.74) is 6.22. The van der Waals surface area contributed by atoms with Gasteiger partial charge in [0.05, 0.1) is 13.7 Å². The van der Waals surface area contributed by atoms with Gasteiger partial charge in [-0.05, 0) is 30.5 Å². The van der Waals surface area contributed by atoms with Crippen molar-refractivity contribution in [1.29, 1.82) is 0 Å². The van der Waals surface area contributed by atoms with Gasteiger partial charge in [0, 0.05) is 25.7 Å². The molecule has 1 aliphatic rings. The number of methoxy groups -OCH3 is 1. The number of carbonyl (C=O) groups excluding carboxylic acids is 1. The van der Waals surface area contributed by atoms with E-state index >= 15 is 0 Å². The quantitative estimate of drug-likeness (QED) is 0.708. The first-order valence-corrected chi connectivity index (χ1v) is 7.18. The van der Waals surface area contributed by atoms with E-state index in [1.807, 2.05) is 6.07 Å². The van der Waals surface area contributed by atoms with Crippen LogP contribution in [-0.4, -0.2) is 48.7 Å². The number of hydrogen-bond donors (Lipinski definition) is 3. The van der Waals surface area contributed by atoms with Crippen LogP contribution in [0.1, 0.15) is 18.4 Å². The zero-order chi connectivity index (χ0) is 15.2. The summed E-state index contributed by atoms with van der Waals surface area (Å²) in [6, 6.07) is 5.85. The number of nitrogens with two attached hydrogens (primary N) is 1. The Morgan fingerprint density at radius 1 is 1.48 bits per heavy atom. The molecule has 2 rings (SSSR count). The van der Waals surface area contributed by atoms with Gasteiger partial charge in [-0.25, -0.2) is 0 Å². The molecule has 1 saturated heterocycles. The van der Waals surface area contributed by atoms with Crippen LogP contribution in [0.2, 0.25) is 0 Å². The summed E-state index contributed by atoms with van der Waals surface area (Å²) in [7, 11) is 1.53. The lowest BCUT2D eigenvalue weighted by atomic mass is 10.0. The van der Waals surface area contributed by atoms with E-state index in [9.17, 15) is 9.90 Å². The van der Waals surface area contributed by atoms with Crippen LogP contribution in [0.5, 0.6) is 11.5 Å². The largest absolute Gasteiger partial charge is 0.504 e. The fourth-order valence-electron chi connectivity index (χ4n) is 2.62. The molecule has 0 saturated carbocycles. The third-order valence-electron chi connectivity index (χ3n) is 3.81. The van der Waals surface area contributed by atoms with Crippen LogP contribution >= 0.6 is 0 Å². The van der Waals surface area contributed by atoms with Gasteiger partial charge >= 0.3 is 0 Å². The second-order valence-corrected chi connectivity index (χ2v) is 5.40. The molecule has 0 aromatic heterocycles. The molecule has 1 aromatic carbocycles. The second kappa shape index (κ2) is 7.28. The van der Waals surface area contributed by atoms with Crippen LogP contribution in [0, 0.1) is 0 Å². The molecular formula is C15H23N3O3. The van der Waals surface area contributed by atoms with Crippen molar-refractivity contribution in [2.45, 2.75) is 25.4 Å². The van der Waals surface area contributed by atoms with E-state index in [1.54, 1.807) is 12.1 Å². The Kier molecular flexibility index (Phi) is 5.41. The van der Waals surface area contributed by atoms with Crippen molar-refractivity contribution >= 4 is 5.91 Å². The Hall–Kier alpha value is -1.79. The van der Waals surface area contributed by atoms with Crippen molar-refractivity contribution in [2.75, 3.05) is 26.7 Å². The van der Waals surface area contributed by atoms with Crippen molar-refractivity contribution in [3.8, 4) is 11.5 Å². The molecule has 6 nitrogen and oxygen atoms in total. The van der Waals surface area contributed by atoms with Crippen LogP contribution in [0.3, 0.4) is 0 Å². The van der Waals surface area contributed by atoms with E-state index in [0.717, 1.165) is 31.5 Å². The minimum atomic E-state index is -0.268. The zero-order valence-corrected chi connectivity index (χ0v) is 12.3. The van der Waals surface area contributed by atoms with Gasteiger partial charge in [-0.3, -0.25) is 9.69 Å². The van der Waals surface area contributed by atoms with Gasteiger partial charge in [0.2, 0.25) is 5.91 Å². The number of rotatable bonds is 6. The van der Waals surface area contributed by atoms with E-state index < -0.39 is 0 Å². The van der Waals surface area contributed by atoms with E-state index in [0.29, 0.717) is 24.9 Å². The second-order valence-electron chi connectivity index (χ2n) is 5.40. The van der Waals surface area contributed by atoms with Crippen LogP contribution in [0.4, 0.5) is 0 Å². The number of phenols is 1. The van der Waals surface area contributed by atoms with Gasteiger partial charge in [0.25, 0.3) is 0 Å². The number of hydrogen-bond acceptors (Lipinski definition) is 5. The number of aromatic hydroxyl groups is 1. The Morgan fingerprint density at radius 3 is 2.76 bits per heavy atom. The number of nitrogens with zero attached hydrogens (tertiary/aromatic N) is 1. The Balaban J connectivity index is 1.77. The number of phenolic OH excluding ortho intramolecular Hbond substituents is 1. The molecule has 1 fully saturated rings. The van der Waals surface area contributed by atoms with Crippen LogP contribution in [-0.2, 0) is 11.3 Å². The van der Waals surface area contributed by atoms with Crippen LogP contribution < -0.4 is 15.8 Å². The number of ether oxygens (including phenoxy) is 1. The summed E-state index contributed by atoms with van der Waals surface area (Å²) >= 11 is 0. The number of carbonyl (C=O) groups is 1. The van der Waals surface area contributed by atoms with Crippen molar-refractivity contribution < 1.29 is 14.6 Å². The zero-order valence-electron chi connectivity index (χ0n) is 12.3. The van der Waals surface area contributed by atoms with E-state index in [-0.39, 0.29) is 11.7 Å². The minimum absolute atomic E-state index is 0.160. The SMILES string of the molecule is COc1ccc(CNC2CCN(CC(N)=O)CC2)cc1O. The lowest BCUT2D eigenvalue weighted by Crippen LogP contribution is -2.45. The standard InChI is InChI=1S/C15H23N3O3/c1-21-14-3-2-11(8-13(14)19)9-17-12-4-6-18(7-5-12)10-15(16)20/h2-3,8,12,17,19H,4-7,9-10H2,1H3,(H2,16,20). The predicted octanol–water partition coefficient (Wildman–Crippen LogP) is 0.440. The Labute approximate surface area is 124 Å². The first-order chi connectivity index (χ1) is 10.1. The third kappa shape index (κ3) is 4.61. The predicted molar refractivity (Wildman–Crippen MR) is 80.2 cm³/mol. The molecule has 0 bridgehead atoms. The van der Waals surface area contributed by atoms with Gasteiger partial charge in [0.1, 0.15) is 0 Å². The number of nitrogens with one attached hydrogen (secondary N) is 1. The number of benzene rings is 1. The molecule has 1 amide bonds. The smallest absolute Gasteiger partial charge is 0.231 e. The number of amides is 1. The van der Waals surface area contributed by atoms with Crippen molar-refractivity contribution in [2.24, 2.45) is 5.73 Å². The van der Waals surface area contributed by atoms with Crippen molar-refractivity contribution in [1.82, 2.24) is 10.2 Å². The van der Waals surface area contributed by atoms with E-state index in [1.165, 1.54) is 7.11 Å². The summed E-state index contributed by atoms with van der Waals surface area (Å²) in [4.78, 5) is 13.0. The van der Waals surface area contributed by atoms with Crippen LogP contribution in [0.15, 0.2) is 18.2 Å². The fourth-order valence-corrected chi connectivity index (χ4v) is 2.62.